The second kappa shape index (κ2) is 14.9. The van der Waals surface area contributed by atoms with E-state index in [0.717, 1.165) is 0 Å². The van der Waals surface area contributed by atoms with E-state index in [-0.39, 0.29) is 24.8 Å². The maximum Gasteiger partial charge on any atom is 0.408 e. The molecule has 2 N–H and O–H groups in total. The molecular weight excluding hydrogens is 616 g/mol. The van der Waals surface area contributed by atoms with Crippen molar-refractivity contribution in [1.82, 2.24) is 15.6 Å². The van der Waals surface area contributed by atoms with Crippen LogP contribution in [0.4, 0.5) is 10.5 Å². The van der Waals surface area contributed by atoms with Crippen LogP contribution in [0.15, 0.2) is 66.9 Å². The predicted molar refractivity (Wildman–Crippen MR) is 178 cm³/mol. The molecule has 2 aromatic carbocycles. The van der Waals surface area contributed by atoms with E-state index in [1.807, 2.05) is 32.0 Å². The number of amides is 3. The molecule has 0 spiro atoms. The number of hydrogen-bond acceptors (Lipinski definition) is 9. The average Bonchev–Trinajstić information content (AvgIpc) is 3.14. The predicted octanol–water partition coefficient (Wildman–Crippen LogP) is 4.86. The maximum atomic E-state index is 13.4. The third-order valence-electron chi connectivity index (χ3n) is 6.81. The van der Waals surface area contributed by atoms with Gasteiger partial charge in [0.1, 0.15) is 53.8 Å². The minimum absolute atomic E-state index is 0.0247. The number of rotatable bonds is 8. The van der Waals surface area contributed by atoms with Crippen molar-refractivity contribution >= 4 is 29.6 Å². The average molecular weight is 657 g/mol. The molecule has 0 fully saturated rings. The largest absolute Gasteiger partial charge is 0.489 e. The van der Waals surface area contributed by atoms with Crippen molar-refractivity contribution < 1.29 is 38.1 Å². The third-order valence-corrected chi connectivity index (χ3v) is 6.81. The Hall–Kier alpha value is -5.57. The van der Waals surface area contributed by atoms with Gasteiger partial charge < -0.3 is 34.5 Å². The molecule has 1 aromatic heterocycles. The molecule has 0 saturated heterocycles. The third kappa shape index (κ3) is 9.96. The van der Waals surface area contributed by atoms with Crippen LogP contribution in [0.2, 0.25) is 0 Å². The van der Waals surface area contributed by atoms with Crippen molar-refractivity contribution in [3.8, 4) is 29.1 Å². The van der Waals surface area contributed by atoms with Gasteiger partial charge in [0.2, 0.25) is 0 Å². The number of carbonyl (C=O) groups excluding carboxylic acids is 4. The molecule has 12 nitrogen and oxygen atoms in total. The standard InChI is InChI=1S/C36H40N4O8/c1-23(38-34(44)48-35(2,3)4)33(43)46-22-36(5,6)17-15-24-13-14-30-29(19-24)40(7)32(42)28(21-45-30)39-31(41)27-20-26(16-18-37-27)47-25-11-9-8-10-12-25/h8-14,16,18-20,23,28H,21-22H2,1-7H3,(H,38,44)(H,39,41)/t23-,28+/m0/s1. The molecule has 3 amide bonds. The Morgan fingerprint density at radius 3 is 2.48 bits per heavy atom. The lowest BCUT2D eigenvalue weighted by molar-refractivity contribution is -0.147. The normalized spacial score (nSPS) is 14.9. The second-order valence-electron chi connectivity index (χ2n) is 12.8. The van der Waals surface area contributed by atoms with Crippen LogP contribution >= 0.6 is 0 Å². The molecule has 3 aromatic rings. The number of fused-ring (bicyclic) bond motifs is 1. The molecule has 2 heterocycles. The lowest BCUT2D eigenvalue weighted by atomic mass is 9.95. The van der Waals surface area contributed by atoms with E-state index in [4.69, 9.17) is 18.9 Å². The number of nitrogens with zero attached hydrogens (tertiary/aromatic N) is 2. The molecule has 0 unspecified atom stereocenters. The smallest absolute Gasteiger partial charge is 0.408 e. The summed E-state index contributed by atoms with van der Waals surface area (Å²) in [4.78, 5) is 56.5. The Bertz CT molecular complexity index is 1720. The number of aromatic nitrogens is 1. The number of pyridine rings is 1. The van der Waals surface area contributed by atoms with Crippen molar-refractivity contribution in [2.45, 2.75) is 59.2 Å². The Balaban J connectivity index is 1.37. The van der Waals surface area contributed by atoms with Crippen molar-refractivity contribution in [1.29, 1.82) is 0 Å². The van der Waals surface area contributed by atoms with E-state index in [9.17, 15) is 19.2 Å². The Morgan fingerprint density at radius 2 is 1.77 bits per heavy atom. The minimum atomic E-state index is -0.981. The number of hydrogen-bond donors (Lipinski definition) is 2. The summed E-state index contributed by atoms with van der Waals surface area (Å²) in [6.07, 6.45) is 0.741. The number of alkyl carbamates (subject to hydrolysis) is 1. The zero-order valence-corrected chi connectivity index (χ0v) is 28.1. The van der Waals surface area contributed by atoms with Gasteiger partial charge in [0, 0.05) is 24.9 Å². The first-order valence-corrected chi connectivity index (χ1v) is 15.3. The molecule has 1 aliphatic rings. The molecule has 0 radical (unpaired) electrons. The molecule has 12 heteroatoms. The van der Waals surface area contributed by atoms with E-state index in [1.54, 1.807) is 64.2 Å². The summed E-state index contributed by atoms with van der Waals surface area (Å²) in [6.45, 7) is 10.2. The molecule has 4 rings (SSSR count). The minimum Gasteiger partial charge on any atom is -0.489 e. The van der Waals surface area contributed by atoms with Crippen LogP contribution in [0.3, 0.4) is 0 Å². The first kappa shape index (κ1) is 35.3. The van der Waals surface area contributed by atoms with Crippen molar-refractivity contribution in [3.63, 3.8) is 0 Å². The van der Waals surface area contributed by atoms with Gasteiger partial charge in [-0.1, -0.05) is 30.0 Å². The summed E-state index contributed by atoms with van der Waals surface area (Å²) in [5.74, 6) is 6.10. The van der Waals surface area contributed by atoms with E-state index in [0.29, 0.717) is 28.5 Å². The highest BCUT2D eigenvalue weighted by Crippen LogP contribution is 2.32. The van der Waals surface area contributed by atoms with Gasteiger partial charge in [0.15, 0.2) is 0 Å². The second-order valence-corrected chi connectivity index (χ2v) is 12.8. The first-order chi connectivity index (χ1) is 22.6. The van der Waals surface area contributed by atoms with Crippen LogP contribution in [0.25, 0.3) is 0 Å². The Kier molecular flexibility index (Phi) is 10.9. The fourth-order valence-corrected chi connectivity index (χ4v) is 4.33. The van der Waals surface area contributed by atoms with Crippen LogP contribution in [-0.4, -0.2) is 66.8 Å². The van der Waals surface area contributed by atoms with E-state index >= 15 is 0 Å². The van der Waals surface area contributed by atoms with Gasteiger partial charge in [-0.2, -0.15) is 0 Å². The van der Waals surface area contributed by atoms with Gasteiger partial charge in [0.25, 0.3) is 11.8 Å². The molecule has 0 aliphatic carbocycles. The van der Waals surface area contributed by atoms with Crippen molar-refractivity contribution in [2.75, 3.05) is 25.2 Å². The molecule has 0 saturated carbocycles. The van der Waals surface area contributed by atoms with E-state index in [2.05, 4.69) is 27.5 Å². The number of para-hydroxylation sites is 1. The molecule has 48 heavy (non-hydrogen) atoms. The van der Waals surface area contributed by atoms with Gasteiger partial charge in [-0.05, 0) is 77.9 Å². The van der Waals surface area contributed by atoms with Gasteiger partial charge in [-0.25, -0.2) is 9.59 Å². The van der Waals surface area contributed by atoms with E-state index in [1.165, 1.54) is 24.1 Å². The first-order valence-electron chi connectivity index (χ1n) is 15.3. The van der Waals surface area contributed by atoms with Crippen molar-refractivity contribution in [3.05, 3.63) is 78.1 Å². The van der Waals surface area contributed by atoms with Gasteiger partial charge in [-0.3, -0.25) is 14.6 Å². The Labute approximate surface area is 280 Å². The number of ether oxygens (including phenoxy) is 4. The molecule has 252 valence electrons. The quantitative estimate of drug-likeness (QED) is 0.256. The fraction of sp³-hybridized carbons (Fsp3) is 0.361. The number of benzene rings is 2. The van der Waals surface area contributed by atoms with Crippen LogP contribution in [-0.2, 0) is 19.1 Å². The summed E-state index contributed by atoms with van der Waals surface area (Å²) < 4.78 is 22.3. The van der Waals surface area contributed by atoms with E-state index < -0.39 is 41.1 Å². The number of anilines is 1. The van der Waals surface area contributed by atoms with Gasteiger partial charge in [-0.15, -0.1) is 0 Å². The number of carbonyl (C=O) groups is 4. The number of nitrogens with one attached hydrogen (secondary N) is 2. The molecule has 0 bridgehead atoms. The summed E-state index contributed by atoms with van der Waals surface area (Å²) in [7, 11) is 1.59. The zero-order chi connectivity index (χ0) is 35.1. The summed E-state index contributed by atoms with van der Waals surface area (Å²) >= 11 is 0. The highest BCUT2D eigenvalue weighted by molar-refractivity contribution is 6.03. The van der Waals surface area contributed by atoms with Gasteiger partial charge in [0.05, 0.1) is 11.1 Å². The van der Waals surface area contributed by atoms with Crippen LogP contribution in [0, 0.1) is 17.3 Å². The number of likely N-dealkylation sites (N-methyl/N-ethyl adjacent to an activating group) is 1. The zero-order valence-electron chi connectivity index (χ0n) is 28.1. The monoisotopic (exact) mass is 656 g/mol. The van der Waals surface area contributed by atoms with Crippen LogP contribution in [0.5, 0.6) is 17.2 Å². The molecule has 1 aliphatic heterocycles. The molecule has 2 atom stereocenters. The summed E-state index contributed by atoms with van der Waals surface area (Å²) in [5, 5.41) is 5.18. The lowest BCUT2D eigenvalue weighted by Gasteiger charge is -2.22. The topological polar surface area (TPSA) is 145 Å². The van der Waals surface area contributed by atoms with Gasteiger partial charge >= 0.3 is 12.1 Å². The fourth-order valence-electron chi connectivity index (χ4n) is 4.33. The highest BCUT2D eigenvalue weighted by atomic mass is 16.6. The summed E-state index contributed by atoms with van der Waals surface area (Å²) in [5.41, 5.74) is -0.277. The summed E-state index contributed by atoms with van der Waals surface area (Å²) in [6, 6.07) is 15.5. The SMILES string of the molecule is C[C@H](NC(=O)OC(C)(C)C)C(=O)OCC(C)(C)C#Cc1ccc2c(c1)N(C)C(=O)[C@H](NC(=O)c1cc(Oc3ccccc3)ccn1)CO2. The maximum absolute atomic E-state index is 13.4. The van der Waals surface area contributed by atoms with Crippen LogP contribution < -0.4 is 25.0 Å². The highest BCUT2D eigenvalue weighted by Gasteiger charge is 2.31. The molecular formula is C36H40N4O8. The lowest BCUT2D eigenvalue weighted by Crippen LogP contribution is -2.49. The van der Waals surface area contributed by atoms with Crippen LogP contribution in [0.1, 0.15) is 57.6 Å². The van der Waals surface area contributed by atoms with Crippen molar-refractivity contribution in [2.24, 2.45) is 5.41 Å². The Morgan fingerprint density at radius 1 is 1.04 bits per heavy atom. The number of esters is 1.